The first-order valence-corrected chi connectivity index (χ1v) is 8.94. The molecule has 0 aliphatic carbocycles. The fourth-order valence-electron chi connectivity index (χ4n) is 2.65. The largest absolute Gasteiger partial charge is 0.312 e. The van der Waals surface area contributed by atoms with Gasteiger partial charge in [0.2, 0.25) is 0 Å². The summed E-state index contributed by atoms with van der Waals surface area (Å²) in [5.74, 6) is 1.24. The molecule has 1 nitrogen and oxygen atoms in total. The van der Waals surface area contributed by atoms with Crippen LogP contribution in [0.1, 0.15) is 26.9 Å². The molecule has 0 bridgehead atoms. The number of fused-ring (bicyclic) bond motifs is 1. The Hall–Kier alpha value is -0.910. The molecule has 2 heterocycles. The van der Waals surface area contributed by atoms with E-state index in [0.717, 1.165) is 18.2 Å². The molecule has 1 unspecified atom stereocenters. The van der Waals surface area contributed by atoms with Gasteiger partial charge in [-0.05, 0) is 55.0 Å². The lowest BCUT2D eigenvalue weighted by molar-refractivity contribution is 0.565. The molecule has 0 saturated carbocycles. The van der Waals surface area contributed by atoms with Gasteiger partial charge >= 0.3 is 0 Å². The highest BCUT2D eigenvalue weighted by molar-refractivity contribution is 7.98. The number of aryl methyl sites for hydroxylation is 1. The highest BCUT2D eigenvalue weighted by Gasteiger charge is 2.19. The van der Waals surface area contributed by atoms with Crippen LogP contribution in [0.5, 0.6) is 0 Å². The maximum absolute atomic E-state index is 13.3. The Morgan fingerprint density at radius 1 is 1.19 bits per heavy atom. The predicted octanol–water partition coefficient (Wildman–Crippen LogP) is 4.32. The number of hydrogen-bond donors (Lipinski definition) is 1. The average Bonchev–Trinajstić information content (AvgIpc) is 2.87. The molecule has 0 amide bonds. The minimum absolute atomic E-state index is 0.104. The van der Waals surface area contributed by atoms with Gasteiger partial charge in [-0.3, -0.25) is 0 Å². The van der Waals surface area contributed by atoms with Crippen molar-refractivity contribution in [2.75, 3.05) is 12.8 Å². The average molecular weight is 325 g/mol. The van der Waals surface area contributed by atoms with E-state index in [9.17, 15) is 8.78 Å². The van der Waals surface area contributed by atoms with Crippen LogP contribution in [-0.4, -0.2) is 12.8 Å². The van der Waals surface area contributed by atoms with Gasteiger partial charge in [0.05, 0.1) is 0 Å². The molecule has 1 aromatic carbocycles. The van der Waals surface area contributed by atoms with Crippen LogP contribution in [0.2, 0.25) is 0 Å². The maximum Gasteiger partial charge on any atom is 0.126 e. The van der Waals surface area contributed by atoms with E-state index in [1.54, 1.807) is 0 Å². The summed E-state index contributed by atoms with van der Waals surface area (Å²) in [7, 11) is 1.90. The first-order valence-electron chi connectivity index (χ1n) is 6.97. The number of nitrogens with one attached hydrogen (secondary N) is 1. The normalized spacial score (nSPS) is 15.8. The van der Waals surface area contributed by atoms with Crippen molar-refractivity contribution in [3.05, 3.63) is 56.8 Å². The van der Waals surface area contributed by atoms with Crippen LogP contribution in [0.15, 0.2) is 24.3 Å². The molecule has 1 aromatic heterocycles. The fraction of sp³-hybridized carbons (Fsp3) is 0.375. The Morgan fingerprint density at radius 3 is 2.62 bits per heavy atom. The summed E-state index contributed by atoms with van der Waals surface area (Å²) < 4.78 is 26.6. The van der Waals surface area contributed by atoms with Gasteiger partial charge in [0.15, 0.2) is 0 Å². The fourth-order valence-corrected chi connectivity index (χ4v) is 5.14. The van der Waals surface area contributed by atoms with E-state index in [4.69, 9.17) is 0 Å². The Balaban J connectivity index is 1.82. The van der Waals surface area contributed by atoms with Gasteiger partial charge in [-0.1, -0.05) is 0 Å². The SMILES string of the molecule is CNC(Cc1cc(F)cc(F)c1)c1cc2c(s1)CCSC2. The summed E-state index contributed by atoms with van der Waals surface area (Å²) in [6.45, 7) is 0. The number of benzene rings is 1. The van der Waals surface area contributed by atoms with Crippen molar-refractivity contribution < 1.29 is 8.78 Å². The monoisotopic (exact) mass is 325 g/mol. The minimum atomic E-state index is -0.512. The van der Waals surface area contributed by atoms with Crippen LogP contribution in [0.4, 0.5) is 8.78 Å². The highest BCUT2D eigenvalue weighted by Crippen LogP contribution is 2.35. The lowest BCUT2D eigenvalue weighted by atomic mass is 10.0. The molecule has 1 aliphatic heterocycles. The smallest absolute Gasteiger partial charge is 0.126 e. The molecule has 0 radical (unpaired) electrons. The van der Waals surface area contributed by atoms with Crippen LogP contribution in [-0.2, 0) is 18.6 Å². The minimum Gasteiger partial charge on any atom is -0.312 e. The van der Waals surface area contributed by atoms with E-state index in [-0.39, 0.29) is 6.04 Å². The third kappa shape index (κ3) is 3.47. The summed E-state index contributed by atoms with van der Waals surface area (Å²) in [4.78, 5) is 2.73. The van der Waals surface area contributed by atoms with Gasteiger partial charge in [-0.15, -0.1) is 11.3 Å². The van der Waals surface area contributed by atoms with Gasteiger partial charge in [0.25, 0.3) is 0 Å². The topological polar surface area (TPSA) is 12.0 Å². The summed E-state index contributed by atoms with van der Waals surface area (Å²) in [6.07, 6.45) is 1.73. The predicted molar refractivity (Wildman–Crippen MR) is 86.0 cm³/mol. The molecule has 0 spiro atoms. The maximum atomic E-state index is 13.3. The Bertz CT molecular complexity index is 595. The van der Waals surface area contributed by atoms with Crippen molar-refractivity contribution in [1.29, 1.82) is 0 Å². The van der Waals surface area contributed by atoms with Crippen LogP contribution in [0.25, 0.3) is 0 Å². The zero-order valence-corrected chi connectivity index (χ0v) is 13.4. The van der Waals surface area contributed by atoms with E-state index >= 15 is 0 Å². The first kappa shape index (κ1) is 15.0. The van der Waals surface area contributed by atoms with E-state index in [2.05, 4.69) is 11.4 Å². The standard InChI is InChI=1S/C16H17F2NS2/c1-19-14(6-10-4-12(17)8-13(18)5-10)16-7-11-9-20-3-2-15(11)21-16/h4-5,7-8,14,19H,2-3,6,9H2,1H3. The molecule has 0 fully saturated rings. The molecule has 5 heteroatoms. The second kappa shape index (κ2) is 6.46. The van der Waals surface area contributed by atoms with Crippen molar-refractivity contribution >= 4 is 23.1 Å². The van der Waals surface area contributed by atoms with Crippen molar-refractivity contribution in [3.8, 4) is 0 Å². The number of halogens is 2. The lowest BCUT2D eigenvalue weighted by Gasteiger charge is -2.14. The van der Waals surface area contributed by atoms with Crippen molar-refractivity contribution in [2.24, 2.45) is 0 Å². The van der Waals surface area contributed by atoms with E-state index < -0.39 is 11.6 Å². The van der Waals surface area contributed by atoms with Crippen molar-refractivity contribution in [1.82, 2.24) is 5.32 Å². The van der Waals surface area contributed by atoms with Crippen molar-refractivity contribution in [3.63, 3.8) is 0 Å². The number of thioether (sulfide) groups is 1. The van der Waals surface area contributed by atoms with Gasteiger partial charge in [0.1, 0.15) is 11.6 Å². The van der Waals surface area contributed by atoms with Gasteiger partial charge in [-0.2, -0.15) is 11.8 Å². The van der Waals surface area contributed by atoms with Crippen LogP contribution >= 0.6 is 23.1 Å². The summed E-state index contributed by atoms with van der Waals surface area (Å²) >= 11 is 3.80. The molecular weight excluding hydrogens is 308 g/mol. The third-order valence-corrected chi connectivity index (χ3v) is 6.06. The van der Waals surface area contributed by atoms with Crippen molar-refractivity contribution in [2.45, 2.75) is 24.6 Å². The quantitative estimate of drug-likeness (QED) is 0.898. The van der Waals surface area contributed by atoms with E-state index in [0.29, 0.717) is 12.0 Å². The van der Waals surface area contributed by atoms with E-state index in [1.807, 2.05) is 30.1 Å². The summed E-state index contributed by atoms with van der Waals surface area (Å²) in [5.41, 5.74) is 2.12. The van der Waals surface area contributed by atoms with Crippen LogP contribution in [0, 0.1) is 11.6 Å². The molecule has 1 N–H and O–H groups in total. The van der Waals surface area contributed by atoms with E-state index in [1.165, 1.54) is 33.2 Å². The molecule has 21 heavy (non-hydrogen) atoms. The molecular formula is C16H17F2NS2. The Labute approximate surface area is 131 Å². The molecule has 1 aliphatic rings. The number of hydrogen-bond acceptors (Lipinski definition) is 3. The van der Waals surface area contributed by atoms with Crippen LogP contribution < -0.4 is 5.32 Å². The Morgan fingerprint density at radius 2 is 1.95 bits per heavy atom. The van der Waals surface area contributed by atoms with Gasteiger partial charge < -0.3 is 5.32 Å². The molecule has 0 saturated heterocycles. The summed E-state index contributed by atoms with van der Waals surface area (Å²) in [5, 5.41) is 3.27. The number of thiophene rings is 1. The third-order valence-electron chi connectivity index (χ3n) is 3.70. The Kier molecular flexibility index (Phi) is 4.62. The zero-order chi connectivity index (χ0) is 14.8. The summed E-state index contributed by atoms with van der Waals surface area (Å²) in [6, 6.07) is 6.10. The first-order chi connectivity index (χ1) is 10.2. The molecule has 2 aromatic rings. The second-order valence-corrected chi connectivity index (χ2v) is 7.50. The number of likely N-dealkylation sites (N-methyl/N-ethyl adjacent to an activating group) is 1. The van der Waals surface area contributed by atoms with Gasteiger partial charge in [-0.25, -0.2) is 8.78 Å². The van der Waals surface area contributed by atoms with Crippen LogP contribution in [0.3, 0.4) is 0 Å². The number of rotatable bonds is 4. The zero-order valence-electron chi connectivity index (χ0n) is 11.8. The molecule has 1 atom stereocenters. The highest BCUT2D eigenvalue weighted by atomic mass is 32.2. The lowest BCUT2D eigenvalue weighted by Crippen LogP contribution is -2.17. The van der Waals surface area contributed by atoms with Gasteiger partial charge in [0, 0.05) is 27.6 Å². The molecule has 112 valence electrons. The molecule has 3 rings (SSSR count). The second-order valence-electron chi connectivity index (χ2n) is 5.22.